The largest absolute Gasteiger partial charge is 0.394 e. The number of carbonyl (C=O) groups excluding carboxylic acids is 2. The number of rotatable bonds is 13. The highest BCUT2D eigenvalue weighted by molar-refractivity contribution is 5.79. The molecule has 0 spiro atoms. The highest BCUT2D eigenvalue weighted by atomic mass is 16.4. The van der Waals surface area contributed by atoms with Crippen LogP contribution in [0, 0.1) is 0 Å². The first kappa shape index (κ1) is 24.7. The molecule has 154 valence electrons. The van der Waals surface area contributed by atoms with Crippen LogP contribution in [0.1, 0.15) is 39.0 Å². The van der Waals surface area contributed by atoms with E-state index in [2.05, 4.69) is 0 Å². The number of aliphatic hydroxyl groups is 5. The third-order valence-corrected chi connectivity index (χ3v) is 4.17. The molecule has 0 saturated carbocycles. The van der Waals surface area contributed by atoms with Gasteiger partial charge in [0.25, 0.3) is 0 Å². The van der Waals surface area contributed by atoms with Crippen molar-refractivity contribution in [2.75, 3.05) is 33.8 Å². The fraction of sp³-hybridized carbons (Fsp3) is 0.882. The maximum atomic E-state index is 12.4. The molecule has 0 aromatic carbocycles. The molecule has 0 rings (SSSR count). The molecule has 0 bridgehead atoms. The standard InChI is InChI=1S/C17H34N2O7/c1-4-5-6-7-15(24)19(9-8-14(23)18(2)3)10-12(21)16(25)17(26)13(22)11-20/h12-13,16-17,20-22,25-26H,4-11H2,1-3H3/t12-,13+,16+,17+/m0/s1. The van der Waals surface area contributed by atoms with Crippen LogP contribution in [-0.4, -0.2) is 105 Å². The van der Waals surface area contributed by atoms with Crippen LogP contribution in [0.25, 0.3) is 0 Å². The Hall–Kier alpha value is -1.26. The first-order valence-corrected chi connectivity index (χ1v) is 8.96. The fourth-order valence-corrected chi connectivity index (χ4v) is 2.35. The number of amides is 2. The van der Waals surface area contributed by atoms with E-state index in [4.69, 9.17) is 5.11 Å². The minimum atomic E-state index is -1.75. The average Bonchev–Trinajstić information content (AvgIpc) is 2.62. The smallest absolute Gasteiger partial charge is 0.223 e. The van der Waals surface area contributed by atoms with Crippen LogP contribution in [0.4, 0.5) is 0 Å². The molecule has 0 aliphatic carbocycles. The summed E-state index contributed by atoms with van der Waals surface area (Å²) in [5.74, 6) is -0.435. The van der Waals surface area contributed by atoms with Crippen molar-refractivity contribution in [1.82, 2.24) is 9.80 Å². The van der Waals surface area contributed by atoms with E-state index in [9.17, 15) is 30.0 Å². The van der Waals surface area contributed by atoms with Gasteiger partial charge in [-0.15, -0.1) is 0 Å². The molecule has 0 aliphatic heterocycles. The van der Waals surface area contributed by atoms with E-state index in [1.54, 1.807) is 14.1 Å². The second-order valence-corrected chi connectivity index (χ2v) is 6.63. The summed E-state index contributed by atoms with van der Waals surface area (Å²) in [6, 6.07) is 0. The normalized spacial score (nSPS) is 15.8. The van der Waals surface area contributed by atoms with Gasteiger partial charge in [-0.05, 0) is 6.42 Å². The van der Waals surface area contributed by atoms with Crippen molar-refractivity contribution < 1.29 is 35.1 Å². The van der Waals surface area contributed by atoms with Crippen LogP contribution in [0.5, 0.6) is 0 Å². The lowest BCUT2D eigenvalue weighted by Crippen LogP contribution is -2.51. The highest BCUT2D eigenvalue weighted by Crippen LogP contribution is 2.10. The van der Waals surface area contributed by atoms with Crippen molar-refractivity contribution in [3.63, 3.8) is 0 Å². The molecule has 26 heavy (non-hydrogen) atoms. The predicted molar refractivity (Wildman–Crippen MR) is 95.1 cm³/mol. The summed E-state index contributed by atoms with van der Waals surface area (Å²) in [5, 5.41) is 47.9. The summed E-state index contributed by atoms with van der Waals surface area (Å²) in [4.78, 5) is 26.8. The van der Waals surface area contributed by atoms with Gasteiger partial charge >= 0.3 is 0 Å². The van der Waals surface area contributed by atoms with E-state index >= 15 is 0 Å². The van der Waals surface area contributed by atoms with Crippen LogP contribution in [0.15, 0.2) is 0 Å². The lowest BCUT2D eigenvalue weighted by atomic mass is 10.0. The number of hydrogen-bond donors (Lipinski definition) is 5. The summed E-state index contributed by atoms with van der Waals surface area (Å²) in [6.07, 6.45) is -3.81. The van der Waals surface area contributed by atoms with E-state index < -0.39 is 31.0 Å². The Morgan fingerprint density at radius 3 is 1.96 bits per heavy atom. The van der Waals surface area contributed by atoms with Crippen molar-refractivity contribution in [2.24, 2.45) is 0 Å². The van der Waals surface area contributed by atoms with Crippen LogP contribution in [0.3, 0.4) is 0 Å². The average molecular weight is 378 g/mol. The summed E-state index contributed by atoms with van der Waals surface area (Å²) >= 11 is 0. The van der Waals surface area contributed by atoms with Crippen LogP contribution >= 0.6 is 0 Å². The van der Waals surface area contributed by atoms with E-state index in [0.29, 0.717) is 6.42 Å². The molecule has 0 aromatic heterocycles. The van der Waals surface area contributed by atoms with Gasteiger partial charge in [-0.3, -0.25) is 9.59 Å². The molecule has 0 fully saturated rings. The third kappa shape index (κ3) is 8.91. The quantitative estimate of drug-likeness (QED) is 0.241. The summed E-state index contributed by atoms with van der Waals surface area (Å²) in [5.41, 5.74) is 0. The number of aliphatic hydroxyl groups excluding tert-OH is 5. The Labute approximate surface area is 154 Å². The summed E-state index contributed by atoms with van der Waals surface area (Å²) < 4.78 is 0. The van der Waals surface area contributed by atoms with Gasteiger partial charge in [0.15, 0.2) is 0 Å². The zero-order valence-electron chi connectivity index (χ0n) is 15.9. The molecule has 9 heteroatoms. The second-order valence-electron chi connectivity index (χ2n) is 6.63. The molecule has 0 radical (unpaired) electrons. The maximum Gasteiger partial charge on any atom is 0.223 e. The predicted octanol–water partition coefficient (Wildman–Crippen LogP) is -1.69. The minimum absolute atomic E-state index is 0.0666. The van der Waals surface area contributed by atoms with Crippen LogP contribution in [-0.2, 0) is 9.59 Å². The second kappa shape index (κ2) is 13.0. The van der Waals surface area contributed by atoms with E-state index in [-0.39, 0.29) is 37.7 Å². The molecule has 0 aromatic rings. The van der Waals surface area contributed by atoms with Gasteiger partial charge in [-0.25, -0.2) is 0 Å². The molecule has 2 amide bonds. The lowest BCUT2D eigenvalue weighted by molar-refractivity contribution is -0.141. The first-order valence-electron chi connectivity index (χ1n) is 8.96. The molecule has 0 aliphatic rings. The third-order valence-electron chi connectivity index (χ3n) is 4.17. The topological polar surface area (TPSA) is 142 Å². The maximum absolute atomic E-state index is 12.4. The Kier molecular flexibility index (Phi) is 12.4. The molecule has 0 unspecified atom stereocenters. The molecule has 5 N–H and O–H groups in total. The van der Waals surface area contributed by atoms with Crippen molar-refractivity contribution >= 4 is 11.8 Å². The molecular weight excluding hydrogens is 344 g/mol. The van der Waals surface area contributed by atoms with E-state index in [1.165, 1.54) is 9.80 Å². The number of nitrogens with zero attached hydrogens (tertiary/aromatic N) is 2. The molecular formula is C17H34N2O7. The van der Waals surface area contributed by atoms with Crippen LogP contribution < -0.4 is 0 Å². The van der Waals surface area contributed by atoms with Gasteiger partial charge in [0.1, 0.15) is 24.4 Å². The summed E-state index contributed by atoms with van der Waals surface area (Å²) in [7, 11) is 3.20. The number of carbonyl (C=O) groups is 2. The molecule has 9 nitrogen and oxygen atoms in total. The lowest BCUT2D eigenvalue weighted by Gasteiger charge is -2.30. The van der Waals surface area contributed by atoms with Gasteiger partial charge in [0, 0.05) is 40.0 Å². The summed E-state index contributed by atoms with van der Waals surface area (Å²) in [6.45, 7) is 1.01. The Morgan fingerprint density at radius 1 is 0.885 bits per heavy atom. The van der Waals surface area contributed by atoms with E-state index in [1.807, 2.05) is 6.92 Å². The van der Waals surface area contributed by atoms with Gasteiger partial charge in [-0.2, -0.15) is 0 Å². The number of hydrogen-bond acceptors (Lipinski definition) is 7. The minimum Gasteiger partial charge on any atom is -0.394 e. The van der Waals surface area contributed by atoms with E-state index in [0.717, 1.165) is 12.8 Å². The molecule has 0 heterocycles. The van der Waals surface area contributed by atoms with Crippen LogP contribution in [0.2, 0.25) is 0 Å². The van der Waals surface area contributed by atoms with Gasteiger partial charge < -0.3 is 35.3 Å². The number of unbranched alkanes of at least 4 members (excludes halogenated alkanes) is 2. The van der Waals surface area contributed by atoms with Gasteiger partial charge in [-0.1, -0.05) is 19.8 Å². The zero-order valence-corrected chi connectivity index (χ0v) is 15.9. The molecule has 4 atom stereocenters. The molecule has 0 saturated heterocycles. The Bertz CT molecular complexity index is 420. The SMILES string of the molecule is CCCCCC(=O)N(CCC(=O)N(C)C)C[C@H](O)[C@@H](O)[C@H](O)[C@H](O)CO. The van der Waals surface area contributed by atoms with Crippen molar-refractivity contribution in [3.05, 3.63) is 0 Å². The zero-order chi connectivity index (χ0) is 20.3. The van der Waals surface area contributed by atoms with Crippen molar-refractivity contribution in [3.8, 4) is 0 Å². The highest BCUT2D eigenvalue weighted by Gasteiger charge is 2.32. The Balaban J connectivity index is 4.90. The van der Waals surface area contributed by atoms with Gasteiger partial charge in [0.2, 0.25) is 11.8 Å². The van der Waals surface area contributed by atoms with Crippen molar-refractivity contribution in [1.29, 1.82) is 0 Å². The van der Waals surface area contributed by atoms with Gasteiger partial charge in [0.05, 0.1) is 6.61 Å². The Morgan fingerprint density at radius 2 is 1.46 bits per heavy atom. The monoisotopic (exact) mass is 378 g/mol. The first-order chi connectivity index (χ1) is 12.1. The van der Waals surface area contributed by atoms with Crippen molar-refractivity contribution in [2.45, 2.75) is 63.4 Å². The fourth-order valence-electron chi connectivity index (χ4n) is 2.35.